The molecule has 0 radical (unpaired) electrons. The van der Waals surface area contributed by atoms with E-state index in [1.54, 1.807) is 30.4 Å². The van der Waals surface area contributed by atoms with Crippen molar-refractivity contribution in [1.82, 2.24) is 29.9 Å². The lowest BCUT2D eigenvalue weighted by molar-refractivity contribution is 1.28. The molecule has 4 aromatic heterocycles. The van der Waals surface area contributed by atoms with Crippen molar-refractivity contribution < 1.29 is 0 Å². The second-order valence-corrected chi connectivity index (χ2v) is 10.7. The first-order valence-electron chi connectivity index (χ1n) is 15.1. The van der Waals surface area contributed by atoms with Crippen LogP contribution < -0.4 is 0 Å². The quantitative estimate of drug-likeness (QED) is 0.166. The lowest BCUT2D eigenvalue weighted by atomic mass is 10.1. The van der Waals surface area contributed by atoms with Crippen LogP contribution in [0.25, 0.3) is 73.9 Å². The van der Waals surface area contributed by atoms with Gasteiger partial charge in [0.05, 0.1) is 22.8 Å². The van der Waals surface area contributed by atoms with Gasteiger partial charge in [-0.25, -0.2) is 19.9 Å². The smallest absolute Gasteiger partial charge is 0.140 e. The van der Waals surface area contributed by atoms with E-state index in [0.717, 1.165) is 55.3 Å². The van der Waals surface area contributed by atoms with Crippen LogP contribution in [-0.4, -0.2) is 29.9 Å². The molecule has 0 saturated carbocycles. The summed E-state index contributed by atoms with van der Waals surface area (Å²) in [6.45, 7) is 30.2. The minimum Gasteiger partial charge on any atom is -0.324 e. The van der Waals surface area contributed by atoms with Crippen LogP contribution >= 0.6 is 0 Å². The minimum atomic E-state index is 0.613. The molecule has 4 bridgehead atoms. The molecule has 0 amide bonds. The molecule has 2 aliphatic rings. The second-order valence-electron chi connectivity index (χ2n) is 10.7. The Kier molecular flexibility index (Phi) is 8.17. The average molecular weight is 611 g/mol. The zero-order valence-electron chi connectivity index (χ0n) is 26.4. The third-order valence-corrected chi connectivity index (χ3v) is 8.19. The Hall–Kier alpha value is -6.40. The normalized spacial score (nSPS) is 13.7. The summed E-state index contributed by atoms with van der Waals surface area (Å²) in [5, 5.41) is 1.57. The molecule has 0 spiro atoms. The fraction of sp³-hybridized carbons (Fsp3) is 0.0244. The molecule has 6 rings (SSSR count). The molecule has 0 aromatic carbocycles. The molecule has 0 saturated heterocycles. The van der Waals surface area contributed by atoms with Crippen molar-refractivity contribution in [3.05, 3.63) is 164 Å². The Balaban J connectivity index is 2.03. The molecular formula is C41H34N6. The van der Waals surface area contributed by atoms with Crippen LogP contribution in [0.4, 0.5) is 0 Å². The van der Waals surface area contributed by atoms with Crippen molar-refractivity contribution in [1.29, 1.82) is 0 Å². The maximum Gasteiger partial charge on any atom is 0.140 e. The minimum absolute atomic E-state index is 0.613. The predicted octanol–water partition coefficient (Wildman–Crippen LogP) is 10.2. The Bertz CT molecular complexity index is 2370. The van der Waals surface area contributed by atoms with Crippen LogP contribution in [0.3, 0.4) is 0 Å². The number of H-pyrrole nitrogens is 2. The molecule has 4 aromatic rings. The second kappa shape index (κ2) is 12.5. The van der Waals surface area contributed by atoms with E-state index < -0.39 is 0 Å². The van der Waals surface area contributed by atoms with Gasteiger partial charge >= 0.3 is 0 Å². The summed E-state index contributed by atoms with van der Waals surface area (Å²) in [5.41, 5.74) is 12.2. The molecule has 2 aliphatic carbocycles. The highest BCUT2D eigenvalue weighted by Crippen LogP contribution is 2.47. The summed E-state index contributed by atoms with van der Waals surface area (Å²) in [6.07, 6.45) is 27.8. The van der Waals surface area contributed by atoms with Gasteiger partial charge in [-0.15, -0.1) is 0 Å². The summed E-state index contributed by atoms with van der Waals surface area (Å²) < 4.78 is 0. The van der Waals surface area contributed by atoms with Gasteiger partial charge < -0.3 is 9.97 Å². The van der Waals surface area contributed by atoms with E-state index in [-0.39, 0.29) is 0 Å². The zero-order chi connectivity index (χ0) is 33.2. The maximum atomic E-state index is 5.33. The van der Waals surface area contributed by atoms with Gasteiger partial charge in [0.15, 0.2) is 0 Å². The molecule has 0 unspecified atom stereocenters. The number of aromatic nitrogens is 6. The molecule has 0 aliphatic heterocycles. The van der Waals surface area contributed by atoms with Crippen molar-refractivity contribution in [2.24, 2.45) is 0 Å². The van der Waals surface area contributed by atoms with Crippen molar-refractivity contribution in [3.8, 4) is 0 Å². The first-order chi connectivity index (χ1) is 23.0. The van der Waals surface area contributed by atoms with Crippen LogP contribution in [0, 0.1) is 6.92 Å². The van der Waals surface area contributed by atoms with E-state index in [1.807, 2.05) is 67.7 Å². The molecular weight excluding hydrogens is 576 g/mol. The van der Waals surface area contributed by atoms with Crippen molar-refractivity contribution in [2.75, 3.05) is 0 Å². The highest BCUT2D eigenvalue weighted by Gasteiger charge is 2.31. The summed E-state index contributed by atoms with van der Waals surface area (Å²) >= 11 is 0. The molecule has 6 nitrogen and oxygen atoms in total. The summed E-state index contributed by atoms with van der Waals surface area (Å²) in [7, 11) is 0. The summed E-state index contributed by atoms with van der Waals surface area (Å²) in [4.78, 5) is 28.3. The van der Waals surface area contributed by atoms with Crippen LogP contribution in [0.15, 0.2) is 119 Å². The van der Waals surface area contributed by atoms with Crippen molar-refractivity contribution >= 4 is 73.9 Å². The number of rotatable bonds is 11. The zero-order valence-corrected chi connectivity index (χ0v) is 26.4. The van der Waals surface area contributed by atoms with E-state index >= 15 is 0 Å². The Morgan fingerprint density at radius 3 is 1.28 bits per heavy atom. The van der Waals surface area contributed by atoms with E-state index in [9.17, 15) is 0 Å². The topological polar surface area (TPSA) is 83.1 Å². The van der Waals surface area contributed by atoms with E-state index in [2.05, 4.69) is 56.0 Å². The monoisotopic (exact) mass is 610 g/mol. The number of nitrogens with zero attached hydrogens (tertiary/aromatic N) is 4. The van der Waals surface area contributed by atoms with E-state index in [4.69, 9.17) is 19.9 Å². The maximum absolute atomic E-state index is 5.33. The number of allylic oxidation sites excluding steroid dienone is 16. The highest BCUT2D eigenvalue weighted by atomic mass is 15.0. The SMILES string of the molecule is C=C/C=C\C1=C(C=C)c2nc3[nH]c(nc4c5c(nc6[nH]c(nc1c25)c(C)c6/C=C\C=C)C(C=C)=C4/C=C\C=C)c(C=C)c3/C=C\C=C. The number of fused-ring (bicyclic) bond motifs is 4. The van der Waals surface area contributed by atoms with Crippen LogP contribution in [0.1, 0.15) is 45.0 Å². The van der Waals surface area contributed by atoms with Crippen LogP contribution in [0.2, 0.25) is 0 Å². The molecule has 2 N–H and O–H groups in total. The Morgan fingerprint density at radius 1 is 0.426 bits per heavy atom. The first-order valence-corrected chi connectivity index (χ1v) is 15.1. The van der Waals surface area contributed by atoms with Gasteiger partial charge in [0.1, 0.15) is 22.6 Å². The van der Waals surface area contributed by atoms with Crippen LogP contribution in [-0.2, 0) is 0 Å². The average Bonchev–Trinajstić information content (AvgIpc) is 3.76. The van der Waals surface area contributed by atoms with Crippen molar-refractivity contribution in [2.45, 2.75) is 6.92 Å². The molecule has 0 atom stereocenters. The van der Waals surface area contributed by atoms with Gasteiger partial charge in [0.25, 0.3) is 0 Å². The highest BCUT2D eigenvalue weighted by molar-refractivity contribution is 6.23. The largest absolute Gasteiger partial charge is 0.324 e. The lowest BCUT2D eigenvalue weighted by Gasteiger charge is -2.02. The molecule has 0 fully saturated rings. The molecule has 47 heavy (non-hydrogen) atoms. The number of nitrogens with one attached hydrogen (secondary N) is 2. The number of aryl methyl sites for hydroxylation is 1. The van der Waals surface area contributed by atoms with Gasteiger partial charge in [-0.3, -0.25) is 0 Å². The van der Waals surface area contributed by atoms with Gasteiger partial charge in [-0.1, -0.05) is 137 Å². The number of hydrogen-bond acceptors (Lipinski definition) is 4. The fourth-order valence-electron chi connectivity index (χ4n) is 6.10. The third kappa shape index (κ3) is 4.84. The molecule has 228 valence electrons. The summed E-state index contributed by atoms with van der Waals surface area (Å²) in [6, 6.07) is 0. The molecule has 6 heteroatoms. The van der Waals surface area contributed by atoms with Gasteiger partial charge in [-0.05, 0) is 6.92 Å². The predicted molar refractivity (Wildman–Crippen MR) is 202 cm³/mol. The number of hydrogen-bond donors (Lipinski definition) is 2. The van der Waals surface area contributed by atoms with Gasteiger partial charge in [-0.2, -0.15) is 0 Å². The van der Waals surface area contributed by atoms with Crippen molar-refractivity contribution in [3.63, 3.8) is 0 Å². The van der Waals surface area contributed by atoms with Crippen LogP contribution in [0.5, 0.6) is 0 Å². The molecule has 4 heterocycles. The van der Waals surface area contributed by atoms with E-state index in [0.29, 0.717) is 45.4 Å². The standard InChI is InChI=1S/C41H34N6/c1-9-16-20-28-24(8)38-42-36-29(21-17-10-2)25(13-5)35-32(36)33-34(43-40(28)46-38)26(14-6)30(22-18-11-3)37(33)45-39-27(15-7)31(23-19-12-4)41(44-35)47-39/h9-23H,1-7H2,8H3,(H,42,43,46)(H,44,45,47)/b20-16-,21-17-,22-18-,23-19-. The summed E-state index contributed by atoms with van der Waals surface area (Å²) in [5.74, 6) is 0. The Labute approximate surface area is 274 Å². The van der Waals surface area contributed by atoms with Gasteiger partial charge in [0.2, 0.25) is 0 Å². The van der Waals surface area contributed by atoms with E-state index in [1.165, 1.54) is 0 Å². The third-order valence-electron chi connectivity index (χ3n) is 8.19. The first kappa shape index (κ1) is 30.6. The fourth-order valence-corrected chi connectivity index (χ4v) is 6.10. The Morgan fingerprint density at radius 2 is 0.809 bits per heavy atom. The lowest BCUT2D eigenvalue weighted by Crippen LogP contribution is -1.90. The van der Waals surface area contributed by atoms with Gasteiger partial charge in [0, 0.05) is 55.3 Å². The number of aromatic amines is 2.